The van der Waals surface area contributed by atoms with Crippen molar-refractivity contribution in [3.63, 3.8) is 0 Å². The molecule has 1 aliphatic rings. The molecule has 1 saturated heterocycles. The van der Waals surface area contributed by atoms with Crippen LogP contribution in [0.1, 0.15) is 18.4 Å². The maximum Gasteiger partial charge on any atom is 0.0533 e. The Morgan fingerprint density at radius 3 is 3.07 bits per heavy atom. The van der Waals surface area contributed by atoms with E-state index in [4.69, 9.17) is 4.74 Å². The number of nitrogens with zero attached hydrogens (tertiary/aromatic N) is 2. The number of ether oxygens (including phenoxy) is 1. The summed E-state index contributed by atoms with van der Waals surface area (Å²) in [6, 6.07) is 0. The highest BCUT2D eigenvalue weighted by molar-refractivity contribution is 9.09. The summed E-state index contributed by atoms with van der Waals surface area (Å²) < 4.78 is 7.46. The molecular weight excluding hydrogens is 256 g/mol. The van der Waals surface area contributed by atoms with Crippen LogP contribution < -0.4 is 0 Å². The number of alkyl halides is 1. The average molecular weight is 273 g/mol. The van der Waals surface area contributed by atoms with Crippen LogP contribution in [0.15, 0.2) is 12.4 Å². The second kappa shape index (κ2) is 4.66. The molecule has 2 rings (SSSR count). The lowest BCUT2D eigenvalue weighted by atomic mass is 9.80. The fourth-order valence-electron chi connectivity index (χ4n) is 2.20. The van der Waals surface area contributed by atoms with Crippen molar-refractivity contribution in [3.05, 3.63) is 18.0 Å². The van der Waals surface area contributed by atoms with Crippen LogP contribution in [0.25, 0.3) is 0 Å². The number of hydrogen-bond acceptors (Lipinski definition) is 2. The maximum atomic E-state index is 5.60. The van der Waals surface area contributed by atoms with Crippen LogP contribution in [0.4, 0.5) is 0 Å². The molecule has 1 aromatic heterocycles. The van der Waals surface area contributed by atoms with Gasteiger partial charge in [-0.2, -0.15) is 5.10 Å². The fourth-order valence-corrected chi connectivity index (χ4v) is 2.84. The number of aromatic nitrogens is 2. The van der Waals surface area contributed by atoms with Crippen LogP contribution >= 0.6 is 15.9 Å². The number of rotatable bonds is 3. The van der Waals surface area contributed by atoms with Gasteiger partial charge < -0.3 is 4.74 Å². The largest absolute Gasteiger partial charge is 0.381 e. The Morgan fingerprint density at radius 2 is 2.53 bits per heavy atom. The van der Waals surface area contributed by atoms with Crippen molar-refractivity contribution in [2.24, 2.45) is 12.5 Å². The first kappa shape index (κ1) is 11.1. The van der Waals surface area contributed by atoms with Gasteiger partial charge in [0.15, 0.2) is 0 Å². The Labute approximate surface area is 98.9 Å². The maximum absolute atomic E-state index is 5.60. The van der Waals surface area contributed by atoms with Gasteiger partial charge in [-0.05, 0) is 24.8 Å². The molecule has 0 aliphatic carbocycles. The van der Waals surface area contributed by atoms with Crippen molar-refractivity contribution in [3.8, 4) is 0 Å². The summed E-state index contributed by atoms with van der Waals surface area (Å²) in [7, 11) is 1.96. The van der Waals surface area contributed by atoms with Gasteiger partial charge in [-0.25, -0.2) is 0 Å². The molecule has 1 atom stereocenters. The molecule has 1 unspecified atom stereocenters. The molecule has 1 aromatic rings. The Hall–Kier alpha value is -0.350. The summed E-state index contributed by atoms with van der Waals surface area (Å²) in [5.41, 5.74) is 1.59. The van der Waals surface area contributed by atoms with E-state index >= 15 is 0 Å². The van der Waals surface area contributed by atoms with Gasteiger partial charge in [-0.1, -0.05) is 15.9 Å². The fraction of sp³-hybridized carbons (Fsp3) is 0.727. The summed E-state index contributed by atoms with van der Waals surface area (Å²) in [4.78, 5) is 0. The first-order chi connectivity index (χ1) is 7.24. The van der Waals surface area contributed by atoms with Crippen molar-refractivity contribution in [1.82, 2.24) is 9.78 Å². The molecule has 4 heteroatoms. The van der Waals surface area contributed by atoms with E-state index in [1.165, 1.54) is 18.4 Å². The summed E-state index contributed by atoms with van der Waals surface area (Å²) in [6.07, 6.45) is 7.53. The third-order valence-electron chi connectivity index (χ3n) is 3.02. The van der Waals surface area contributed by atoms with E-state index < -0.39 is 0 Å². The molecule has 0 bridgehead atoms. The molecule has 2 heterocycles. The zero-order valence-corrected chi connectivity index (χ0v) is 10.7. The van der Waals surface area contributed by atoms with E-state index in [2.05, 4.69) is 27.2 Å². The molecule has 15 heavy (non-hydrogen) atoms. The standard InChI is InChI=1S/C11H17BrN2O/c1-14-7-10(6-13-14)5-11(8-12)3-2-4-15-9-11/h6-7H,2-5,8-9H2,1H3. The van der Waals surface area contributed by atoms with E-state index in [0.29, 0.717) is 0 Å². The van der Waals surface area contributed by atoms with Crippen molar-refractivity contribution >= 4 is 15.9 Å². The summed E-state index contributed by atoms with van der Waals surface area (Å²) in [6.45, 7) is 1.79. The molecule has 1 fully saturated rings. The van der Waals surface area contributed by atoms with Crippen LogP contribution in [0.3, 0.4) is 0 Å². The molecule has 3 nitrogen and oxygen atoms in total. The van der Waals surface area contributed by atoms with Crippen molar-refractivity contribution in [2.75, 3.05) is 18.5 Å². The van der Waals surface area contributed by atoms with Crippen LogP contribution in [0, 0.1) is 5.41 Å². The molecule has 0 radical (unpaired) electrons. The predicted molar refractivity (Wildman–Crippen MR) is 63.2 cm³/mol. The molecule has 1 aliphatic heterocycles. The molecule has 0 amide bonds. The van der Waals surface area contributed by atoms with E-state index in [0.717, 1.165) is 25.0 Å². The minimum Gasteiger partial charge on any atom is -0.381 e. The van der Waals surface area contributed by atoms with Gasteiger partial charge >= 0.3 is 0 Å². The minimum absolute atomic E-state index is 0.279. The zero-order valence-electron chi connectivity index (χ0n) is 9.08. The summed E-state index contributed by atoms with van der Waals surface area (Å²) in [5, 5.41) is 5.22. The Morgan fingerprint density at radius 1 is 1.67 bits per heavy atom. The molecule has 0 aromatic carbocycles. The van der Waals surface area contributed by atoms with Gasteiger partial charge in [-0.3, -0.25) is 4.68 Å². The monoisotopic (exact) mass is 272 g/mol. The third kappa shape index (κ3) is 2.61. The predicted octanol–water partition coefficient (Wildman–Crippen LogP) is 2.15. The van der Waals surface area contributed by atoms with Crippen molar-refractivity contribution in [2.45, 2.75) is 19.3 Å². The van der Waals surface area contributed by atoms with Gasteiger partial charge in [0.2, 0.25) is 0 Å². The number of halogens is 1. The van der Waals surface area contributed by atoms with Crippen LogP contribution in [-0.4, -0.2) is 28.3 Å². The van der Waals surface area contributed by atoms with Gasteiger partial charge in [0, 0.05) is 30.6 Å². The normalized spacial score (nSPS) is 26.8. The Kier molecular flexibility index (Phi) is 3.46. The van der Waals surface area contributed by atoms with E-state index in [-0.39, 0.29) is 5.41 Å². The van der Waals surface area contributed by atoms with Crippen LogP contribution in [0.5, 0.6) is 0 Å². The molecular formula is C11H17BrN2O. The highest BCUT2D eigenvalue weighted by Crippen LogP contribution is 2.34. The molecule has 84 valence electrons. The smallest absolute Gasteiger partial charge is 0.0533 e. The van der Waals surface area contributed by atoms with E-state index in [9.17, 15) is 0 Å². The van der Waals surface area contributed by atoms with Crippen LogP contribution in [-0.2, 0) is 18.2 Å². The second-order valence-corrected chi connectivity index (χ2v) is 5.05. The van der Waals surface area contributed by atoms with Gasteiger partial charge in [0.25, 0.3) is 0 Å². The van der Waals surface area contributed by atoms with Crippen LogP contribution in [0.2, 0.25) is 0 Å². The second-order valence-electron chi connectivity index (χ2n) is 4.49. The SMILES string of the molecule is Cn1cc(CC2(CBr)CCCOC2)cn1. The van der Waals surface area contributed by atoms with Gasteiger partial charge in [-0.15, -0.1) is 0 Å². The topological polar surface area (TPSA) is 27.1 Å². The number of hydrogen-bond donors (Lipinski definition) is 0. The minimum atomic E-state index is 0.279. The van der Waals surface area contributed by atoms with E-state index in [1.807, 2.05) is 17.9 Å². The van der Waals surface area contributed by atoms with E-state index in [1.54, 1.807) is 0 Å². The quantitative estimate of drug-likeness (QED) is 0.789. The van der Waals surface area contributed by atoms with Gasteiger partial charge in [0.05, 0.1) is 12.8 Å². The summed E-state index contributed by atoms with van der Waals surface area (Å²) in [5.74, 6) is 0. The molecule has 0 N–H and O–H groups in total. The number of aryl methyl sites for hydroxylation is 1. The lowest BCUT2D eigenvalue weighted by molar-refractivity contribution is 0.00614. The first-order valence-electron chi connectivity index (χ1n) is 5.35. The zero-order chi connectivity index (χ0) is 10.7. The van der Waals surface area contributed by atoms with Crippen molar-refractivity contribution < 1.29 is 4.74 Å². The molecule has 0 saturated carbocycles. The average Bonchev–Trinajstić information content (AvgIpc) is 2.65. The summed E-state index contributed by atoms with van der Waals surface area (Å²) >= 11 is 3.63. The first-order valence-corrected chi connectivity index (χ1v) is 6.47. The highest BCUT2D eigenvalue weighted by Gasteiger charge is 2.32. The lowest BCUT2D eigenvalue weighted by Crippen LogP contribution is -2.35. The van der Waals surface area contributed by atoms with Crippen molar-refractivity contribution in [1.29, 1.82) is 0 Å². The molecule has 0 spiro atoms. The lowest BCUT2D eigenvalue weighted by Gasteiger charge is -2.35. The third-order valence-corrected chi connectivity index (χ3v) is 4.21. The highest BCUT2D eigenvalue weighted by atomic mass is 79.9. The Balaban J connectivity index is 2.06. The Bertz CT molecular complexity index is 318. The van der Waals surface area contributed by atoms with Gasteiger partial charge in [0.1, 0.15) is 0 Å².